The summed E-state index contributed by atoms with van der Waals surface area (Å²) in [6.07, 6.45) is 2.64. The maximum Gasteiger partial charge on any atom is 0.000877 e. The Labute approximate surface area is 58.0 Å². The number of rotatable bonds is 3. The van der Waals surface area contributed by atoms with Crippen molar-refractivity contribution in [2.75, 3.05) is 0 Å². The SMILES string of the molecule is CC(C)CC(C)(C)C=N. The molecule has 0 saturated heterocycles. The molecule has 0 aromatic rings. The minimum Gasteiger partial charge on any atom is -0.313 e. The van der Waals surface area contributed by atoms with Crippen LogP contribution in [0.3, 0.4) is 0 Å². The Morgan fingerprint density at radius 3 is 2.00 bits per heavy atom. The molecule has 0 heterocycles. The first-order chi connectivity index (χ1) is 3.98. The predicted molar refractivity (Wildman–Crippen MR) is 42.0 cm³/mol. The van der Waals surface area contributed by atoms with Gasteiger partial charge in [-0.3, -0.25) is 0 Å². The summed E-state index contributed by atoms with van der Waals surface area (Å²) >= 11 is 0. The molecule has 0 aliphatic heterocycles. The fourth-order valence-electron chi connectivity index (χ4n) is 1.11. The van der Waals surface area contributed by atoms with Crippen LogP contribution in [-0.4, -0.2) is 6.21 Å². The zero-order valence-corrected chi connectivity index (χ0v) is 6.86. The fourth-order valence-corrected chi connectivity index (χ4v) is 1.11. The minimum atomic E-state index is 0.105. The third kappa shape index (κ3) is 4.19. The molecule has 0 rings (SSSR count). The first kappa shape index (κ1) is 8.67. The van der Waals surface area contributed by atoms with Crippen LogP contribution >= 0.6 is 0 Å². The van der Waals surface area contributed by atoms with E-state index in [1.54, 1.807) is 0 Å². The average Bonchev–Trinajstić information content (AvgIpc) is 1.63. The molecule has 0 bridgehead atoms. The van der Waals surface area contributed by atoms with Gasteiger partial charge < -0.3 is 5.41 Å². The highest BCUT2D eigenvalue weighted by atomic mass is 14.4. The Morgan fingerprint density at radius 1 is 1.44 bits per heavy atom. The van der Waals surface area contributed by atoms with E-state index >= 15 is 0 Å². The Bertz CT molecular complexity index is 92.7. The quantitative estimate of drug-likeness (QED) is 0.564. The molecule has 0 amide bonds. The van der Waals surface area contributed by atoms with Crippen molar-refractivity contribution in [1.82, 2.24) is 0 Å². The van der Waals surface area contributed by atoms with Crippen LogP contribution in [0.4, 0.5) is 0 Å². The molecule has 0 unspecified atom stereocenters. The molecule has 0 aliphatic rings. The van der Waals surface area contributed by atoms with Gasteiger partial charge in [-0.2, -0.15) is 0 Å². The summed E-state index contributed by atoms with van der Waals surface area (Å²) in [7, 11) is 0. The molecule has 1 heteroatoms. The van der Waals surface area contributed by atoms with Gasteiger partial charge in [-0.25, -0.2) is 0 Å². The highest BCUT2D eigenvalue weighted by Gasteiger charge is 2.14. The summed E-state index contributed by atoms with van der Waals surface area (Å²) in [6, 6.07) is 0. The molecule has 0 saturated carbocycles. The van der Waals surface area contributed by atoms with Crippen molar-refractivity contribution >= 4 is 6.21 Å². The number of nitrogens with one attached hydrogen (secondary N) is 1. The molecular formula is C8H17N. The van der Waals surface area contributed by atoms with E-state index in [-0.39, 0.29) is 5.41 Å². The summed E-state index contributed by atoms with van der Waals surface area (Å²) in [5.74, 6) is 0.696. The van der Waals surface area contributed by atoms with Gasteiger partial charge >= 0.3 is 0 Å². The third-order valence-corrected chi connectivity index (χ3v) is 1.33. The lowest BCUT2D eigenvalue weighted by Gasteiger charge is -2.20. The maximum absolute atomic E-state index is 7.07. The molecule has 1 N–H and O–H groups in total. The molecule has 54 valence electrons. The van der Waals surface area contributed by atoms with Crippen LogP contribution in [0.2, 0.25) is 0 Å². The van der Waals surface area contributed by atoms with Crippen molar-refractivity contribution < 1.29 is 0 Å². The van der Waals surface area contributed by atoms with Crippen LogP contribution in [0.5, 0.6) is 0 Å². The molecule has 1 nitrogen and oxygen atoms in total. The van der Waals surface area contributed by atoms with E-state index in [1.165, 1.54) is 6.21 Å². The van der Waals surface area contributed by atoms with Crippen molar-refractivity contribution in [2.45, 2.75) is 34.1 Å². The fraction of sp³-hybridized carbons (Fsp3) is 0.875. The van der Waals surface area contributed by atoms with Gasteiger partial charge in [0.15, 0.2) is 0 Å². The van der Waals surface area contributed by atoms with E-state index in [1.807, 2.05) is 0 Å². The van der Waals surface area contributed by atoms with E-state index in [4.69, 9.17) is 5.41 Å². The van der Waals surface area contributed by atoms with Gasteiger partial charge in [-0.05, 0) is 17.8 Å². The van der Waals surface area contributed by atoms with E-state index in [0.29, 0.717) is 5.92 Å². The lowest BCUT2D eigenvalue weighted by Crippen LogP contribution is -2.14. The second-order valence-corrected chi connectivity index (χ2v) is 3.73. The topological polar surface area (TPSA) is 23.9 Å². The van der Waals surface area contributed by atoms with Crippen LogP contribution in [0.1, 0.15) is 34.1 Å². The van der Waals surface area contributed by atoms with E-state index in [2.05, 4.69) is 27.7 Å². The molecule has 0 fully saturated rings. The predicted octanol–water partition coefficient (Wildman–Crippen LogP) is 2.71. The van der Waals surface area contributed by atoms with Crippen molar-refractivity contribution in [3.8, 4) is 0 Å². The average molecular weight is 127 g/mol. The summed E-state index contributed by atoms with van der Waals surface area (Å²) in [4.78, 5) is 0. The first-order valence-corrected chi connectivity index (χ1v) is 3.49. The minimum absolute atomic E-state index is 0.105. The molecule has 0 aliphatic carbocycles. The van der Waals surface area contributed by atoms with Gasteiger partial charge in [0.2, 0.25) is 0 Å². The van der Waals surface area contributed by atoms with Crippen molar-refractivity contribution in [1.29, 1.82) is 5.41 Å². The molecular weight excluding hydrogens is 110 g/mol. The number of hydrogen-bond donors (Lipinski definition) is 1. The molecule has 0 aromatic carbocycles. The van der Waals surface area contributed by atoms with Crippen LogP contribution < -0.4 is 0 Å². The highest BCUT2D eigenvalue weighted by molar-refractivity contribution is 5.60. The molecule has 0 atom stereocenters. The maximum atomic E-state index is 7.07. The monoisotopic (exact) mass is 127 g/mol. The van der Waals surface area contributed by atoms with Crippen LogP contribution in [0.15, 0.2) is 0 Å². The lowest BCUT2D eigenvalue weighted by atomic mass is 9.85. The summed E-state index contributed by atoms with van der Waals surface area (Å²) < 4.78 is 0. The summed E-state index contributed by atoms with van der Waals surface area (Å²) in [5, 5.41) is 7.07. The van der Waals surface area contributed by atoms with Crippen LogP contribution in [0, 0.1) is 16.7 Å². The summed E-state index contributed by atoms with van der Waals surface area (Å²) in [6.45, 7) is 8.57. The van der Waals surface area contributed by atoms with E-state index < -0.39 is 0 Å². The second kappa shape index (κ2) is 3.00. The Morgan fingerprint density at radius 2 is 1.89 bits per heavy atom. The van der Waals surface area contributed by atoms with E-state index in [9.17, 15) is 0 Å². The van der Waals surface area contributed by atoms with Crippen molar-refractivity contribution in [3.63, 3.8) is 0 Å². The van der Waals surface area contributed by atoms with Gasteiger partial charge in [0, 0.05) is 6.21 Å². The smallest absolute Gasteiger partial charge is 0.000877 e. The Balaban J connectivity index is 3.71. The zero-order chi connectivity index (χ0) is 7.49. The third-order valence-electron chi connectivity index (χ3n) is 1.33. The van der Waals surface area contributed by atoms with Crippen molar-refractivity contribution in [3.05, 3.63) is 0 Å². The highest BCUT2D eigenvalue weighted by Crippen LogP contribution is 2.21. The largest absolute Gasteiger partial charge is 0.313 e. The van der Waals surface area contributed by atoms with Gasteiger partial charge in [-0.1, -0.05) is 27.7 Å². The van der Waals surface area contributed by atoms with Crippen LogP contribution in [-0.2, 0) is 0 Å². The summed E-state index contributed by atoms with van der Waals surface area (Å²) in [5.41, 5.74) is 0.105. The van der Waals surface area contributed by atoms with Gasteiger partial charge in [0.05, 0.1) is 0 Å². The lowest BCUT2D eigenvalue weighted by molar-refractivity contribution is 0.401. The van der Waals surface area contributed by atoms with Crippen molar-refractivity contribution in [2.24, 2.45) is 11.3 Å². The zero-order valence-electron chi connectivity index (χ0n) is 6.86. The van der Waals surface area contributed by atoms with Gasteiger partial charge in [0.1, 0.15) is 0 Å². The number of hydrogen-bond acceptors (Lipinski definition) is 1. The standard InChI is InChI=1S/C8H17N/c1-7(2)5-8(3,4)6-9/h6-7,9H,5H2,1-4H3. The normalized spacial score (nSPS) is 12.1. The Kier molecular flexibility index (Phi) is 2.89. The van der Waals surface area contributed by atoms with Gasteiger partial charge in [0.25, 0.3) is 0 Å². The Hall–Kier alpha value is -0.330. The second-order valence-electron chi connectivity index (χ2n) is 3.73. The first-order valence-electron chi connectivity index (χ1n) is 3.49. The molecule has 9 heavy (non-hydrogen) atoms. The van der Waals surface area contributed by atoms with E-state index in [0.717, 1.165) is 6.42 Å². The van der Waals surface area contributed by atoms with Gasteiger partial charge in [-0.15, -0.1) is 0 Å². The molecule has 0 spiro atoms. The van der Waals surface area contributed by atoms with Crippen LogP contribution in [0.25, 0.3) is 0 Å². The molecule has 0 radical (unpaired) electrons. The molecule has 0 aromatic heterocycles.